The molecule has 0 atom stereocenters. The predicted molar refractivity (Wildman–Crippen MR) is 106 cm³/mol. The number of carbonyl (C=O) groups is 1. The Hall–Kier alpha value is -3.72. The van der Waals surface area contributed by atoms with Crippen molar-refractivity contribution in [2.45, 2.75) is 9.79 Å². The molecular weight excluding hydrogens is 396 g/mol. The molecule has 0 bridgehead atoms. The third-order valence-electron chi connectivity index (χ3n) is 4.13. The van der Waals surface area contributed by atoms with Gasteiger partial charge in [0.1, 0.15) is 5.75 Å². The minimum Gasteiger partial charge on any atom is -0.497 e. The predicted octanol–water partition coefficient (Wildman–Crippen LogP) is 3.69. The Morgan fingerprint density at radius 1 is 0.897 bits per heavy atom. The zero-order chi connectivity index (χ0) is 21.0. The monoisotopic (exact) mass is 412 g/mol. The largest absolute Gasteiger partial charge is 0.497 e. The zero-order valence-corrected chi connectivity index (χ0v) is 16.0. The number of hydrogen-bond donors (Lipinski definition) is 1. The molecule has 3 aromatic rings. The summed E-state index contributed by atoms with van der Waals surface area (Å²) < 4.78 is 30.4. The minimum atomic E-state index is -3.84. The number of anilines is 1. The van der Waals surface area contributed by atoms with Crippen molar-refractivity contribution in [1.82, 2.24) is 0 Å². The minimum absolute atomic E-state index is 0.00815. The molecule has 0 aromatic heterocycles. The van der Waals surface area contributed by atoms with E-state index < -0.39 is 14.8 Å². The second-order valence-corrected chi connectivity index (χ2v) is 7.91. The van der Waals surface area contributed by atoms with Crippen LogP contribution in [0.4, 0.5) is 11.4 Å². The molecule has 3 aromatic carbocycles. The number of nitro benzene ring substituents is 1. The standard InChI is InChI=1S/C20H16N2O6S/c1-28-17-8-2-14(3-9-17)20(23)21-15-4-10-18(11-5-15)29(26,27)19-12-6-16(7-13-19)22(24)25/h2-13H,1H3,(H,21,23). The van der Waals surface area contributed by atoms with E-state index in [0.717, 1.165) is 12.1 Å². The Balaban J connectivity index is 1.76. The van der Waals surface area contributed by atoms with Crippen LogP contribution in [0.2, 0.25) is 0 Å². The van der Waals surface area contributed by atoms with Crippen LogP contribution in [0.3, 0.4) is 0 Å². The quantitative estimate of drug-likeness (QED) is 0.488. The maximum absolute atomic E-state index is 12.7. The number of amides is 1. The molecule has 0 fully saturated rings. The van der Waals surface area contributed by atoms with Gasteiger partial charge in [0.05, 0.1) is 21.8 Å². The molecule has 8 nitrogen and oxygen atoms in total. The van der Waals surface area contributed by atoms with E-state index in [1.54, 1.807) is 24.3 Å². The molecule has 0 spiro atoms. The molecule has 1 N–H and O–H groups in total. The molecule has 0 aliphatic rings. The van der Waals surface area contributed by atoms with Crippen LogP contribution >= 0.6 is 0 Å². The van der Waals surface area contributed by atoms with Gasteiger partial charge in [-0.1, -0.05) is 0 Å². The first-order valence-corrected chi connectivity index (χ1v) is 9.84. The van der Waals surface area contributed by atoms with Gasteiger partial charge < -0.3 is 10.1 Å². The fraction of sp³-hybridized carbons (Fsp3) is 0.0500. The number of benzene rings is 3. The Morgan fingerprint density at radius 3 is 1.90 bits per heavy atom. The average molecular weight is 412 g/mol. The van der Waals surface area contributed by atoms with Gasteiger partial charge in [-0.2, -0.15) is 0 Å². The lowest BCUT2D eigenvalue weighted by Crippen LogP contribution is -2.12. The van der Waals surface area contributed by atoms with Crippen molar-refractivity contribution < 1.29 is 22.9 Å². The van der Waals surface area contributed by atoms with Crippen LogP contribution in [-0.2, 0) is 9.84 Å². The maximum atomic E-state index is 12.7. The maximum Gasteiger partial charge on any atom is 0.269 e. The Kier molecular flexibility index (Phi) is 5.60. The fourth-order valence-corrected chi connectivity index (χ4v) is 3.81. The van der Waals surface area contributed by atoms with Crippen LogP contribution in [0.1, 0.15) is 10.4 Å². The molecule has 0 unspecified atom stereocenters. The van der Waals surface area contributed by atoms with E-state index in [-0.39, 0.29) is 21.4 Å². The molecule has 0 radical (unpaired) electrons. The first-order chi connectivity index (χ1) is 13.8. The summed E-state index contributed by atoms with van der Waals surface area (Å²) in [4.78, 5) is 22.3. The number of nitrogens with one attached hydrogen (secondary N) is 1. The summed E-state index contributed by atoms with van der Waals surface area (Å²) in [5.74, 6) is 0.279. The first-order valence-electron chi connectivity index (χ1n) is 8.36. The highest BCUT2D eigenvalue weighted by Gasteiger charge is 2.19. The number of nitro groups is 1. The van der Waals surface area contributed by atoms with Crippen molar-refractivity contribution in [3.8, 4) is 5.75 Å². The number of sulfone groups is 1. The Bertz CT molecular complexity index is 1140. The van der Waals surface area contributed by atoms with Crippen LogP contribution in [0, 0.1) is 10.1 Å². The van der Waals surface area contributed by atoms with Gasteiger partial charge in [-0.05, 0) is 60.7 Å². The van der Waals surface area contributed by atoms with E-state index in [4.69, 9.17) is 4.74 Å². The van der Waals surface area contributed by atoms with E-state index in [0.29, 0.717) is 17.0 Å². The van der Waals surface area contributed by atoms with E-state index in [9.17, 15) is 23.3 Å². The highest BCUT2D eigenvalue weighted by molar-refractivity contribution is 7.91. The lowest BCUT2D eigenvalue weighted by Gasteiger charge is -2.08. The van der Waals surface area contributed by atoms with Gasteiger partial charge in [0.2, 0.25) is 9.84 Å². The Labute approximate surface area is 166 Å². The molecule has 0 saturated carbocycles. The summed E-state index contributed by atoms with van der Waals surface area (Å²) in [6.07, 6.45) is 0. The van der Waals surface area contributed by atoms with Crippen LogP contribution < -0.4 is 10.1 Å². The topological polar surface area (TPSA) is 116 Å². The molecule has 0 heterocycles. The fourth-order valence-electron chi connectivity index (χ4n) is 2.55. The number of hydrogen-bond acceptors (Lipinski definition) is 6. The lowest BCUT2D eigenvalue weighted by atomic mass is 10.2. The van der Waals surface area contributed by atoms with Gasteiger partial charge in [-0.25, -0.2) is 8.42 Å². The van der Waals surface area contributed by atoms with Crippen molar-refractivity contribution in [2.75, 3.05) is 12.4 Å². The van der Waals surface area contributed by atoms with Gasteiger partial charge >= 0.3 is 0 Å². The number of ether oxygens (including phenoxy) is 1. The summed E-state index contributed by atoms with van der Waals surface area (Å²) >= 11 is 0. The van der Waals surface area contributed by atoms with Gasteiger partial charge in [0, 0.05) is 23.4 Å². The van der Waals surface area contributed by atoms with E-state index >= 15 is 0 Å². The third-order valence-corrected chi connectivity index (χ3v) is 5.92. The average Bonchev–Trinajstić information content (AvgIpc) is 2.74. The highest BCUT2D eigenvalue weighted by atomic mass is 32.2. The van der Waals surface area contributed by atoms with Gasteiger partial charge in [0.15, 0.2) is 0 Å². The highest BCUT2D eigenvalue weighted by Crippen LogP contribution is 2.24. The second kappa shape index (κ2) is 8.11. The van der Waals surface area contributed by atoms with Crippen molar-refractivity contribution >= 4 is 27.1 Å². The van der Waals surface area contributed by atoms with Crippen LogP contribution in [-0.4, -0.2) is 26.4 Å². The van der Waals surface area contributed by atoms with Gasteiger partial charge in [-0.3, -0.25) is 14.9 Å². The molecule has 0 saturated heterocycles. The number of nitrogens with zero attached hydrogens (tertiary/aromatic N) is 1. The van der Waals surface area contributed by atoms with Crippen molar-refractivity contribution in [1.29, 1.82) is 0 Å². The van der Waals surface area contributed by atoms with Gasteiger partial charge in [0.25, 0.3) is 11.6 Å². The number of carbonyl (C=O) groups excluding carboxylic acids is 1. The molecule has 3 rings (SSSR count). The molecule has 1 amide bonds. The summed E-state index contributed by atoms with van der Waals surface area (Å²) in [6, 6.07) is 16.9. The van der Waals surface area contributed by atoms with Crippen molar-refractivity contribution in [3.05, 3.63) is 88.5 Å². The molecule has 9 heteroatoms. The lowest BCUT2D eigenvalue weighted by molar-refractivity contribution is -0.384. The summed E-state index contributed by atoms with van der Waals surface area (Å²) in [7, 11) is -2.31. The second-order valence-electron chi connectivity index (χ2n) is 5.96. The molecule has 148 valence electrons. The first kappa shape index (κ1) is 20.0. The normalized spacial score (nSPS) is 10.9. The molecular formula is C20H16N2O6S. The Morgan fingerprint density at radius 2 is 1.41 bits per heavy atom. The van der Waals surface area contributed by atoms with E-state index in [2.05, 4.69) is 5.32 Å². The van der Waals surface area contributed by atoms with E-state index in [1.807, 2.05) is 0 Å². The van der Waals surface area contributed by atoms with Crippen LogP contribution in [0.25, 0.3) is 0 Å². The van der Waals surface area contributed by atoms with Crippen molar-refractivity contribution in [3.63, 3.8) is 0 Å². The summed E-state index contributed by atoms with van der Waals surface area (Å²) in [6.45, 7) is 0. The molecule has 29 heavy (non-hydrogen) atoms. The van der Waals surface area contributed by atoms with E-state index in [1.165, 1.54) is 43.5 Å². The molecule has 0 aliphatic carbocycles. The van der Waals surface area contributed by atoms with Crippen LogP contribution in [0.15, 0.2) is 82.6 Å². The third kappa shape index (κ3) is 4.41. The molecule has 0 aliphatic heterocycles. The summed E-state index contributed by atoms with van der Waals surface area (Å²) in [5.41, 5.74) is 0.655. The van der Waals surface area contributed by atoms with Crippen LogP contribution in [0.5, 0.6) is 5.75 Å². The zero-order valence-electron chi connectivity index (χ0n) is 15.2. The number of methoxy groups -OCH3 is 1. The van der Waals surface area contributed by atoms with Crippen molar-refractivity contribution in [2.24, 2.45) is 0 Å². The van der Waals surface area contributed by atoms with Gasteiger partial charge in [-0.15, -0.1) is 0 Å². The summed E-state index contributed by atoms with van der Waals surface area (Å²) in [5, 5.41) is 13.4. The number of rotatable bonds is 6. The smallest absolute Gasteiger partial charge is 0.269 e. The number of non-ortho nitro benzene ring substituents is 1. The SMILES string of the molecule is COc1ccc(C(=O)Nc2ccc(S(=O)(=O)c3ccc([N+](=O)[O-])cc3)cc2)cc1.